The molecule has 1 amide bonds. The van der Waals surface area contributed by atoms with Gasteiger partial charge in [0.1, 0.15) is 11.9 Å². The van der Waals surface area contributed by atoms with Crippen LogP contribution in [-0.2, 0) is 16.6 Å². The van der Waals surface area contributed by atoms with Crippen LogP contribution in [0.15, 0.2) is 49.1 Å². The van der Waals surface area contributed by atoms with Crippen LogP contribution in [0, 0.1) is 25.7 Å². The van der Waals surface area contributed by atoms with Gasteiger partial charge in [0.2, 0.25) is 0 Å². The quantitative estimate of drug-likeness (QED) is 0.537. The fraction of sp³-hybridized carbons (Fsp3) is 0.452. The van der Waals surface area contributed by atoms with E-state index in [2.05, 4.69) is 49.3 Å². The van der Waals surface area contributed by atoms with E-state index in [-0.39, 0.29) is 24.1 Å². The summed E-state index contributed by atoms with van der Waals surface area (Å²) in [5, 5.41) is 12.5. The lowest BCUT2D eigenvalue weighted by Gasteiger charge is -2.64. The zero-order valence-electron chi connectivity index (χ0n) is 21.4. The maximum Gasteiger partial charge on any atom is 0.298 e. The van der Waals surface area contributed by atoms with E-state index < -0.39 is 11.0 Å². The molecule has 36 heavy (non-hydrogen) atoms. The van der Waals surface area contributed by atoms with Crippen molar-refractivity contribution in [1.82, 2.24) is 9.80 Å². The molecule has 2 heterocycles. The molecule has 2 aliphatic carbocycles. The number of amides is 1. The first kappa shape index (κ1) is 23.3. The van der Waals surface area contributed by atoms with Crippen LogP contribution in [0.2, 0.25) is 0 Å². The number of piperidine rings is 1. The van der Waals surface area contributed by atoms with Crippen LogP contribution in [0.3, 0.4) is 0 Å². The molecule has 0 unspecified atom stereocenters. The molecule has 2 bridgehead atoms. The molecule has 5 atom stereocenters. The predicted octanol–water partition coefficient (Wildman–Crippen LogP) is 3.52. The molecule has 2 aromatic carbocycles. The second kappa shape index (κ2) is 8.23. The highest BCUT2D eigenvalue weighted by atomic mass is 16.5. The van der Waals surface area contributed by atoms with Crippen molar-refractivity contribution in [1.29, 1.82) is 0 Å². The third-order valence-corrected chi connectivity index (χ3v) is 9.44. The monoisotopic (exact) mass is 482 g/mol. The van der Waals surface area contributed by atoms with Gasteiger partial charge in [0.25, 0.3) is 5.91 Å². The van der Waals surface area contributed by atoms with E-state index in [9.17, 15) is 9.90 Å². The highest BCUT2D eigenvalue weighted by Crippen LogP contribution is 2.64. The largest absolute Gasteiger partial charge is 0.487 e. The fourth-order valence-electron chi connectivity index (χ4n) is 7.54. The second-order valence-corrected chi connectivity index (χ2v) is 11.0. The molecule has 2 aromatic rings. The molecule has 0 aromatic heterocycles. The minimum absolute atomic E-state index is 0.0164. The van der Waals surface area contributed by atoms with E-state index in [1.54, 1.807) is 4.90 Å². The van der Waals surface area contributed by atoms with Crippen molar-refractivity contribution in [3.8, 4) is 17.6 Å². The number of benzene rings is 2. The summed E-state index contributed by atoms with van der Waals surface area (Å²) in [7, 11) is 1.84. The van der Waals surface area contributed by atoms with Gasteiger partial charge in [0, 0.05) is 36.7 Å². The molecule has 1 saturated heterocycles. The van der Waals surface area contributed by atoms with Crippen LogP contribution in [0.5, 0.6) is 5.75 Å². The molecule has 1 spiro atoms. The van der Waals surface area contributed by atoms with Crippen molar-refractivity contribution < 1.29 is 14.6 Å². The summed E-state index contributed by atoms with van der Waals surface area (Å²) in [6, 6.07) is 12.1. The molecule has 5 nitrogen and oxygen atoms in total. The number of carbonyl (C=O) groups excluding carboxylic acids is 1. The topological polar surface area (TPSA) is 53.0 Å². The normalized spacial score (nSPS) is 31.5. The van der Waals surface area contributed by atoms with Gasteiger partial charge in [0.15, 0.2) is 0 Å². The lowest BCUT2D eigenvalue weighted by atomic mass is 9.48. The van der Waals surface area contributed by atoms with Crippen molar-refractivity contribution in [2.45, 2.75) is 68.7 Å². The summed E-state index contributed by atoms with van der Waals surface area (Å²) < 4.78 is 6.67. The first-order valence-corrected chi connectivity index (χ1v) is 13.0. The van der Waals surface area contributed by atoms with E-state index in [0.29, 0.717) is 12.8 Å². The third kappa shape index (κ3) is 3.07. The molecular weight excluding hydrogens is 448 g/mol. The van der Waals surface area contributed by atoms with Crippen LogP contribution in [0.25, 0.3) is 0 Å². The highest BCUT2D eigenvalue weighted by molar-refractivity contribution is 5.94. The van der Waals surface area contributed by atoms with E-state index in [1.807, 2.05) is 37.4 Å². The standard InChI is InChI=1S/C31H34N2O3/c1-5-16-33-17-15-30-28-23-7-6-8-25(28)36-29(30)24(13-14-31(30,35)26(33)19-23)32(4)27(34)12-11-22-10-9-20(2)21(3)18-22/h5-10,18,24,26,29,35H,1,13-17,19H2,2-4H3/t24-,26-,29+,30+,31-/m1/s1. The Morgan fingerprint density at radius 3 is 2.89 bits per heavy atom. The summed E-state index contributed by atoms with van der Waals surface area (Å²) >= 11 is 0. The van der Waals surface area contributed by atoms with Gasteiger partial charge >= 0.3 is 0 Å². The number of aliphatic hydroxyl groups is 1. The van der Waals surface area contributed by atoms with Gasteiger partial charge in [-0.3, -0.25) is 9.69 Å². The molecule has 5 heteroatoms. The summed E-state index contributed by atoms with van der Waals surface area (Å²) in [6.45, 7) is 9.72. The van der Waals surface area contributed by atoms with Gasteiger partial charge in [0.05, 0.1) is 17.1 Å². The average molecular weight is 483 g/mol. The van der Waals surface area contributed by atoms with Gasteiger partial charge in [-0.05, 0) is 81.0 Å². The Labute approximate surface area is 213 Å². The number of likely N-dealkylation sites (tertiary alicyclic amines) is 1. The number of hydrogen-bond donors (Lipinski definition) is 1. The lowest BCUT2D eigenvalue weighted by Crippen LogP contribution is -2.78. The first-order chi connectivity index (χ1) is 17.3. The Morgan fingerprint density at radius 1 is 1.28 bits per heavy atom. The van der Waals surface area contributed by atoms with Crippen molar-refractivity contribution >= 4 is 5.91 Å². The zero-order valence-corrected chi connectivity index (χ0v) is 21.4. The molecule has 6 rings (SSSR count). The Morgan fingerprint density at radius 2 is 2.11 bits per heavy atom. The van der Waals surface area contributed by atoms with E-state index >= 15 is 0 Å². The first-order valence-electron chi connectivity index (χ1n) is 13.0. The van der Waals surface area contributed by atoms with Gasteiger partial charge in [-0.25, -0.2) is 0 Å². The van der Waals surface area contributed by atoms with Crippen LogP contribution < -0.4 is 4.74 Å². The Bertz CT molecular complexity index is 1320. The minimum atomic E-state index is -0.899. The van der Waals surface area contributed by atoms with Gasteiger partial charge in [-0.2, -0.15) is 0 Å². The smallest absolute Gasteiger partial charge is 0.298 e. The van der Waals surface area contributed by atoms with Crippen LogP contribution in [-0.4, -0.2) is 64.7 Å². The number of carbonyl (C=O) groups is 1. The van der Waals surface area contributed by atoms with Crippen LogP contribution >= 0.6 is 0 Å². The predicted molar refractivity (Wildman–Crippen MR) is 140 cm³/mol. The molecular formula is C31H34N2O3. The molecule has 2 fully saturated rings. The van der Waals surface area contributed by atoms with Gasteiger partial charge in [-0.15, -0.1) is 6.58 Å². The summed E-state index contributed by atoms with van der Waals surface area (Å²) in [4.78, 5) is 17.4. The summed E-state index contributed by atoms with van der Waals surface area (Å²) in [6.07, 6.45) is 4.56. The number of rotatable bonds is 3. The number of nitrogens with zero attached hydrogens (tertiary/aromatic N) is 2. The fourth-order valence-corrected chi connectivity index (χ4v) is 7.54. The average Bonchev–Trinajstić information content (AvgIpc) is 3.20. The van der Waals surface area contributed by atoms with Crippen molar-refractivity contribution in [2.24, 2.45) is 0 Å². The van der Waals surface area contributed by atoms with Crippen LogP contribution in [0.4, 0.5) is 0 Å². The molecule has 1 N–H and O–H groups in total. The van der Waals surface area contributed by atoms with Crippen LogP contribution in [0.1, 0.15) is 47.1 Å². The minimum Gasteiger partial charge on any atom is -0.487 e. The third-order valence-electron chi connectivity index (χ3n) is 9.44. The maximum absolute atomic E-state index is 13.3. The van der Waals surface area contributed by atoms with E-state index in [4.69, 9.17) is 4.74 Å². The maximum atomic E-state index is 13.3. The number of hydrogen-bond acceptors (Lipinski definition) is 4. The SMILES string of the molecule is C=CCN1CC[C@]23c4c5cccc4O[C@H]2[C@H](N(C)C(=O)C#Cc2ccc(C)c(C)c2)CC[C@@]3(O)[C@H]1C5. The van der Waals surface area contributed by atoms with Crippen molar-refractivity contribution in [3.63, 3.8) is 0 Å². The Hall–Kier alpha value is -3.07. The Balaban J connectivity index is 1.36. The summed E-state index contributed by atoms with van der Waals surface area (Å²) in [5.41, 5.74) is 4.25. The van der Waals surface area contributed by atoms with Gasteiger partial charge in [-0.1, -0.05) is 30.2 Å². The molecule has 0 radical (unpaired) electrons. The van der Waals surface area contributed by atoms with E-state index in [1.165, 1.54) is 16.7 Å². The van der Waals surface area contributed by atoms with E-state index in [0.717, 1.165) is 42.8 Å². The second-order valence-electron chi connectivity index (χ2n) is 11.0. The number of ether oxygens (including phenoxy) is 1. The molecule has 1 saturated carbocycles. The summed E-state index contributed by atoms with van der Waals surface area (Å²) in [5.74, 6) is 6.59. The molecule has 4 aliphatic rings. The molecule has 186 valence electrons. The zero-order chi connectivity index (χ0) is 25.2. The lowest BCUT2D eigenvalue weighted by molar-refractivity contribution is -0.197. The molecule has 2 aliphatic heterocycles. The van der Waals surface area contributed by atoms with Crippen molar-refractivity contribution in [3.05, 3.63) is 76.9 Å². The number of likely N-dealkylation sites (N-methyl/N-ethyl adjacent to an activating group) is 1. The van der Waals surface area contributed by atoms with Crippen molar-refractivity contribution in [2.75, 3.05) is 20.1 Å². The number of aryl methyl sites for hydroxylation is 2. The highest BCUT2D eigenvalue weighted by Gasteiger charge is 2.72. The Kier molecular flexibility index (Phi) is 5.33. The van der Waals surface area contributed by atoms with Gasteiger partial charge < -0.3 is 14.7 Å².